The lowest BCUT2D eigenvalue weighted by molar-refractivity contribution is -0.283. The third-order valence-electron chi connectivity index (χ3n) is 16.7. The predicted molar refractivity (Wildman–Crippen MR) is 283 cm³/mol. The molecule has 0 aromatic rings. The molecule has 0 unspecified atom stereocenters. The summed E-state index contributed by atoms with van der Waals surface area (Å²) in [5, 5.41) is 23.6. The molecule has 1 saturated carbocycles. The Kier molecular flexibility index (Phi) is 23.0. The predicted octanol–water partition coefficient (Wildman–Crippen LogP) is 7.52. The Morgan fingerprint density at radius 1 is 0.829 bits per heavy atom. The van der Waals surface area contributed by atoms with Crippen molar-refractivity contribution in [2.45, 2.75) is 207 Å². The number of amides is 1. The van der Waals surface area contributed by atoms with Crippen molar-refractivity contribution in [3.05, 3.63) is 47.6 Å². The number of carbonyl (C=O) groups is 6. The van der Waals surface area contributed by atoms with Gasteiger partial charge in [-0.25, -0.2) is 4.79 Å². The fourth-order valence-electron chi connectivity index (χ4n) is 11.4. The second-order valence-electron chi connectivity index (χ2n) is 23.5. The highest BCUT2D eigenvalue weighted by Gasteiger charge is 2.53. The lowest BCUT2D eigenvalue weighted by Gasteiger charge is -2.43. The largest absolute Gasteiger partial charge is 0.460 e. The molecular formula is C59H91NO16. The lowest BCUT2D eigenvalue weighted by atomic mass is 9.78. The van der Waals surface area contributed by atoms with Crippen molar-refractivity contribution in [3.63, 3.8) is 0 Å². The van der Waals surface area contributed by atoms with Crippen LogP contribution in [0.15, 0.2) is 47.6 Å². The Balaban J connectivity index is 1.43. The summed E-state index contributed by atoms with van der Waals surface area (Å²) in [7, 11) is 4.52. The summed E-state index contributed by atoms with van der Waals surface area (Å²) in [6.07, 6.45) is 10.5. The topological polar surface area (TPSA) is 220 Å². The van der Waals surface area contributed by atoms with E-state index in [9.17, 15) is 39.0 Å². The van der Waals surface area contributed by atoms with Gasteiger partial charge in [0.1, 0.15) is 41.7 Å². The molecule has 15 atom stereocenters. The van der Waals surface area contributed by atoms with Crippen LogP contribution in [-0.4, -0.2) is 152 Å². The van der Waals surface area contributed by atoms with E-state index in [0.29, 0.717) is 69.8 Å². The third kappa shape index (κ3) is 16.1. The van der Waals surface area contributed by atoms with Crippen LogP contribution in [0.2, 0.25) is 0 Å². The molecule has 5 aliphatic rings. The van der Waals surface area contributed by atoms with Crippen LogP contribution in [-0.2, 0) is 66.7 Å². The zero-order valence-electron chi connectivity index (χ0n) is 47.7. The first-order valence-electron chi connectivity index (χ1n) is 27.8. The smallest absolute Gasteiger partial charge is 0.329 e. The summed E-state index contributed by atoms with van der Waals surface area (Å²) in [5.74, 6) is -9.63. The molecule has 4 heterocycles. The molecule has 1 amide bonds. The minimum atomic E-state index is -2.46. The molecule has 0 radical (unpaired) electrons. The first kappa shape index (κ1) is 62.9. The van der Waals surface area contributed by atoms with Crippen molar-refractivity contribution >= 4 is 35.2 Å². The number of carbonyl (C=O) groups excluding carboxylic acids is 6. The SMILES string of the molecule is CO[C@H]1C[C@@H]2CC[C@@H](C)[C@@](O)(O2)C(=O)C(=O)N2CCCC[C@H]2C(=O)O[C@H]([C@H](C)C[C@H]2CC[C@@H](OC(=O)C3(C)COC(C)(C)OC3)[C@H](OC)C2)CC(=O)[C@H](C)/C=C(\C)[C@@H](O)[C@@H](OC)C(=O)[C@H](C)C[C@H](C)/C=C/C=C/C=C/1C. The molecule has 17 heteroatoms. The summed E-state index contributed by atoms with van der Waals surface area (Å²) in [4.78, 5) is 86.3. The van der Waals surface area contributed by atoms with E-state index in [0.717, 1.165) is 5.57 Å². The maximum Gasteiger partial charge on any atom is 0.329 e. The number of hydrogen-bond acceptors (Lipinski definition) is 16. The summed E-state index contributed by atoms with van der Waals surface area (Å²) < 4.78 is 47.6. The van der Waals surface area contributed by atoms with E-state index in [2.05, 4.69) is 0 Å². The number of aliphatic hydroxyl groups excluding tert-OH is 1. The van der Waals surface area contributed by atoms with Crippen LogP contribution in [0.5, 0.6) is 0 Å². The maximum atomic E-state index is 14.6. The fourth-order valence-corrected chi connectivity index (χ4v) is 11.4. The van der Waals surface area contributed by atoms with Gasteiger partial charge in [0.05, 0.1) is 31.5 Å². The van der Waals surface area contributed by atoms with Crippen LogP contribution < -0.4 is 0 Å². The number of allylic oxidation sites excluding steroid dienone is 6. The van der Waals surface area contributed by atoms with E-state index in [1.807, 2.05) is 58.1 Å². The number of cyclic esters (lactones) is 1. The minimum absolute atomic E-state index is 0.000496. The van der Waals surface area contributed by atoms with Gasteiger partial charge in [0, 0.05) is 58.5 Å². The van der Waals surface area contributed by atoms with Gasteiger partial charge in [-0.05, 0) is 128 Å². The molecule has 428 valence electrons. The van der Waals surface area contributed by atoms with Crippen molar-refractivity contribution in [2.75, 3.05) is 41.1 Å². The van der Waals surface area contributed by atoms with Gasteiger partial charge < -0.3 is 53.0 Å². The van der Waals surface area contributed by atoms with Gasteiger partial charge in [-0.2, -0.15) is 0 Å². The van der Waals surface area contributed by atoms with Crippen molar-refractivity contribution in [2.24, 2.45) is 40.9 Å². The van der Waals surface area contributed by atoms with Crippen molar-refractivity contribution < 1.29 is 76.9 Å². The number of fused-ring (bicyclic) bond motifs is 3. The molecule has 0 spiro atoms. The van der Waals surface area contributed by atoms with Gasteiger partial charge in [0.2, 0.25) is 5.79 Å². The maximum absolute atomic E-state index is 14.6. The van der Waals surface area contributed by atoms with Gasteiger partial charge in [-0.15, -0.1) is 0 Å². The number of esters is 2. The molecule has 5 rings (SSSR count). The van der Waals surface area contributed by atoms with Crippen LogP contribution in [0.1, 0.15) is 146 Å². The summed E-state index contributed by atoms with van der Waals surface area (Å²) >= 11 is 0. The minimum Gasteiger partial charge on any atom is -0.460 e. The molecule has 4 fully saturated rings. The Labute approximate surface area is 451 Å². The van der Waals surface area contributed by atoms with E-state index < -0.39 is 113 Å². The number of methoxy groups -OCH3 is 3. The third-order valence-corrected chi connectivity index (χ3v) is 16.7. The number of Topliss-reactive ketones (excluding diaryl/α,β-unsaturated/α-hetero) is 3. The number of rotatable bonds is 8. The highest BCUT2D eigenvalue weighted by atomic mass is 16.7. The first-order chi connectivity index (χ1) is 35.8. The second-order valence-corrected chi connectivity index (χ2v) is 23.5. The molecule has 0 aromatic carbocycles. The Morgan fingerprint density at radius 2 is 1.53 bits per heavy atom. The van der Waals surface area contributed by atoms with E-state index in [1.54, 1.807) is 61.8 Å². The molecule has 0 aromatic heterocycles. The molecule has 1 aliphatic carbocycles. The summed E-state index contributed by atoms with van der Waals surface area (Å²) in [6, 6.07) is -1.18. The van der Waals surface area contributed by atoms with E-state index >= 15 is 0 Å². The summed E-state index contributed by atoms with van der Waals surface area (Å²) in [6.45, 7) is 18.3. The van der Waals surface area contributed by atoms with E-state index in [4.69, 9.17) is 37.9 Å². The van der Waals surface area contributed by atoms with Crippen LogP contribution in [0, 0.1) is 40.9 Å². The quantitative estimate of drug-likeness (QED) is 0.136. The summed E-state index contributed by atoms with van der Waals surface area (Å²) in [5.41, 5.74) is 0.243. The molecule has 2 N–H and O–H groups in total. The zero-order valence-corrected chi connectivity index (χ0v) is 47.7. The number of ketones is 3. The van der Waals surface area contributed by atoms with Crippen molar-refractivity contribution in [3.8, 4) is 0 Å². The number of piperidine rings is 1. The van der Waals surface area contributed by atoms with Crippen molar-refractivity contribution in [1.29, 1.82) is 0 Å². The van der Waals surface area contributed by atoms with Crippen LogP contribution >= 0.6 is 0 Å². The number of nitrogens with zero attached hydrogens (tertiary/aromatic N) is 1. The molecule has 17 nitrogen and oxygen atoms in total. The Morgan fingerprint density at radius 3 is 2.18 bits per heavy atom. The molecule has 2 bridgehead atoms. The van der Waals surface area contributed by atoms with E-state index in [-0.39, 0.29) is 56.0 Å². The molecule has 76 heavy (non-hydrogen) atoms. The second kappa shape index (κ2) is 27.8. The van der Waals surface area contributed by atoms with Crippen molar-refractivity contribution in [1.82, 2.24) is 4.90 Å². The Bertz CT molecular complexity index is 2140. The van der Waals surface area contributed by atoms with Crippen LogP contribution in [0.25, 0.3) is 0 Å². The zero-order chi connectivity index (χ0) is 56.3. The van der Waals surface area contributed by atoms with Gasteiger partial charge in [-0.1, -0.05) is 71.1 Å². The van der Waals surface area contributed by atoms with Crippen LogP contribution in [0.4, 0.5) is 0 Å². The Hall–Kier alpha value is -3.94. The molecular weight excluding hydrogens is 979 g/mol. The molecule has 4 aliphatic heterocycles. The number of ether oxygens (including phenoxy) is 8. The number of hydrogen-bond donors (Lipinski definition) is 2. The monoisotopic (exact) mass is 1070 g/mol. The lowest BCUT2D eigenvalue weighted by Crippen LogP contribution is -2.61. The average molecular weight is 1070 g/mol. The standard InChI is InChI=1S/C59H91NO16/c1-35-19-15-14-16-20-36(2)47(69-11)31-43-24-22-41(7)59(68,76-43)53(64)54(65)60-26-18-17-21-44(60)55(66)74-48(32-45(61)37(3)28-40(6)51(63)52(71-13)50(62)39(5)27-35)38(4)29-42-23-25-46(49(30-42)70-12)75-56(67)58(10)33-72-57(8,9)73-34-58/h14-16,19-20,28,35,37-39,41-44,46-49,51-52,63,68H,17-18,21-27,29-34H2,1-13H3/b16-14+,19-15+,36-20+,40-28+/t35-,37-,38-,39-,41-,42-,43+,44+,46-,47+,48+,49-,51-,52+,59-/m1/s1. The van der Waals surface area contributed by atoms with Gasteiger partial charge in [-0.3, -0.25) is 24.0 Å². The van der Waals surface area contributed by atoms with Crippen LogP contribution in [0.3, 0.4) is 0 Å². The van der Waals surface area contributed by atoms with Gasteiger partial charge >= 0.3 is 11.9 Å². The van der Waals surface area contributed by atoms with E-state index in [1.165, 1.54) is 12.0 Å². The highest BCUT2D eigenvalue weighted by molar-refractivity contribution is 6.39. The van der Waals surface area contributed by atoms with Gasteiger partial charge in [0.25, 0.3) is 11.7 Å². The first-order valence-corrected chi connectivity index (χ1v) is 27.8. The average Bonchev–Trinajstić information content (AvgIpc) is 3.39. The normalized spacial score (nSPS) is 38.8. The number of aliphatic hydroxyl groups is 2. The fraction of sp³-hybridized carbons (Fsp3) is 0.763. The molecule has 3 saturated heterocycles. The highest BCUT2D eigenvalue weighted by Crippen LogP contribution is 2.39. The van der Waals surface area contributed by atoms with Gasteiger partial charge in [0.15, 0.2) is 11.6 Å².